The molecule has 0 spiro atoms. The Labute approximate surface area is 124 Å². The second kappa shape index (κ2) is 5.87. The van der Waals surface area contributed by atoms with Crippen molar-refractivity contribution in [2.24, 2.45) is 0 Å². The Bertz CT molecular complexity index is 630. The van der Waals surface area contributed by atoms with E-state index < -0.39 is 11.6 Å². The van der Waals surface area contributed by atoms with E-state index in [1.165, 1.54) is 0 Å². The first-order valence-electron chi connectivity index (χ1n) is 6.71. The molecular weight excluding hydrogens is 266 g/mol. The second-order valence-corrected chi connectivity index (χ2v) is 5.68. The number of anilines is 1. The number of hydrogen-bond acceptors (Lipinski definition) is 4. The van der Waals surface area contributed by atoms with Gasteiger partial charge in [-0.25, -0.2) is 4.79 Å². The zero-order chi connectivity index (χ0) is 15.5. The Hall–Kier alpha value is -2.49. The fraction of sp³-hybridized carbons (Fsp3) is 0.235. The third kappa shape index (κ3) is 4.24. The Kier molecular flexibility index (Phi) is 4.17. The molecular formula is C17H19NO3. The standard InChI is InChI=1S/C17H19NO3/c1-17(2,3)21-15-11-13(18)9-10-14(15)20-16(19)12-7-5-4-6-8-12/h4-11H,18H2,1-3H3. The molecule has 2 aromatic carbocycles. The number of carbonyl (C=O) groups excluding carboxylic acids is 1. The van der Waals surface area contributed by atoms with Crippen LogP contribution in [0.4, 0.5) is 5.69 Å². The minimum Gasteiger partial charge on any atom is -0.484 e. The predicted octanol–water partition coefficient (Wildman–Crippen LogP) is 3.67. The van der Waals surface area contributed by atoms with Crippen molar-refractivity contribution in [3.05, 3.63) is 54.1 Å². The Morgan fingerprint density at radius 3 is 2.29 bits per heavy atom. The molecule has 0 radical (unpaired) electrons. The van der Waals surface area contributed by atoms with Crippen LogP contribution in [0.15, 0.2) is 48.5 Å². The molecule has 0 aliphatic heterocycles. The van der Waals surface area contributed by atoms with Crippen LogP contribution >= 0.6 is 0 Å². The number of nitrogen functional groups attached to an aromatic ring is 1. The van der Waals surface area contributed by atoms with Gasteiger partial charge in [-0.05, 0) is 45.0 Å². The number of hydrogen-bond donors (Lipinski definition) is 1. The van der Waals surface area contributed by atoms with Crippen LogP contribution in [0.3, 0.4) is 0 Å². The van der Waals surface area contributed by atoms with Gasteiger partial charge in [-0.2, -0.15) is 0 Å². The van der Waals surface area contributed by atoms with E-state index in [4.69, 9.17) is 15.2 Å². The van der Waals surface area contributed by atoms with Crippen LogP contribution in [0, 0.1) is 0 Å². The summed E-state index contributed by atoms with van der Waals surface area (Å²) in [5.74, 6) is 0.374. The smallest absolute Gasteiger partial charge is 0.343 e. The lowest BCUT2D eigenvalue weighted by atomic mass is 10.2. The van der Waals surface area contributed by atoms with Gasteiger partial charge in [-0.1, -0.05) is 18.2 Å². The predicted molar refractivity (Wildman–Crippen MR) is 82.6 cm³/mol. The first kappa shape index (κ1) is 14.9. The van der Waals surface area contributed by atoms with Crippen molar-refractivity contribution in [3.8, 4) is 11.5 Å². The molecule has 0 bridgehead atoms. The molecule has 2 aromatic rings. The summed E-state index contributed by atoms with van der Waals surface area (Å²) in [6, 6.07) is 13.8. The molecule has 0 heterocycles. The van der Waals surface area contributed by atoms with Crippen LogP contribution in [0.5, 0.6) is 11.5 Å². The Morgan fingerprint density at radius 1 is 1.00 bits per heavy atom. The van der Waals surface area contributed by atoms with E-state index in [2.05, 4.69) is 0 Å². The molecule has 0 unspecified atom stereocenters. The topological polar surface area (TPSA) is 61.6 Å². The summed E-state index contributed by atoms with van der Waals surface area (Å²) in [5, 5.41) is 0. The maximum atomic E-state index is 12.1. The second-order valence-electron chi connectivity index (χ2n) is 5.68. The van der Waals surface area contributed by atoms with Gasteiger partial charge in [-0.3, -0.25) is 0 Å². The highest BCUT2D eigenvalue weighted by Crippen LogP contribution is 2.32. The molecule has 0 saturated carbocycles. The van der Waals surface area contributed by atoms with Gasteiger partial charge in [0.1, 0.15) is 5.60 Å². The third-order valence-electron chi connectivity index (χ3n) is 2.60. The van der Waals surface area contributed by atoms with E-state index >= 15 is 0 Å². The molecule has 21 heavy (non-hydrogen) atoms. The number of ether oxygens (including phenoxy) is 2. The zero-order valence-electron chi connectivity index (χ0n) is 12.4. The lowest BCUT2D eigenvalue weighted by Gasteiger charge is -2.23. The highest BCUT2D eigenvalue weighted by molar-refractivity contribution is 5.91. The van der Waals surface area contributed by atoms with Crippen LogP contribution in [0.2, 0.25) is 0 Å². The maximum Gasteiger partial charge on any atom is 0.343 e. The van der Waals surface area contributed by atoms with Gasteiger partial charge in [0.05, 0.1) is 5.56 Å². The summed E-state index contributed by atoms with van der Waals surface area (Å²) in [4.78, 5) is 12.1. The van der Waals surface area contributed by atoms with E-state index in [1.54, 1.807) is 42.5 Å². The lowest BCUT2D eigenvalue weighted by Crippen LogP contribution is -2.23. The highest BCUT2D eigenvalue weighted by Gasteiger charge is 2.18. The molecule has 0 saturated heterocycles. The summed E-state index contributed by atoms with van der Waals surface area (Å²) < 4.78 is 11.2. The number of carbonyl (C=O) groups is 1. The summed E-state index contributed by atoms with van der Waals surface area (Å²) in [6.45, 7) is 5.75. The zero-order valence-corrected chi connectivity index (χ0v) is 12.4. The first-order valence-corrected chi connectivity index (χ1v) is 6.71. The van der Waals surface area contributed by atoms with Gasteiger partial charge in [0.2, 0.25) is 0 Å². The highest BCUT2D eigenvalue weighted by atomic mass is 16.6. The molecule has 0 aliphatic carbocycles. The summed E-state index contributed by atoms with van der Waals surface area (Å²) in [7, 11) is 0. The molecule has 0 atom stereocenters. The normalized spacial score (nSPS) is 11.0. The summed E-state index contributed by atoms with van der Waals surface area (Å²) in [6.07, 6.45) is 0. The van der Waals surface area contributed by atoms with Crippen LogP contribution in [-0.2, 0) is 0 Å². The van der Waals surface area contributed by atoms with Crippen molar-refractivity contribution < 1.29 is 14.3 Å². The summed E-state index contributed by atoms with van der Waals surface area (Å²) in [5.41, 5.74) is 6.39. The number of benzene rings is 2. The molecule has 4 heteroatoms. The maximum absolute atomic E-state index is 12.1. The average molecular weight is 285 g/mol. The van der Waals surface area contributed by atoms with Crippen molar-refractivity contribution in [2.45, 2.75) is 26.4 Å². The van der Waals surface area contributed by atoms with E-state index in [1.807, 2.05) is 26.8 Å². The fourth-order valence-electron chi connectivity index (χ4n) is 1.75. The Balaban J connectivity index is 2.25. The number of nitrogens with two attached hydrogens (primary N) is 1. The number of rotatable bonds is 3. The molecule has 110 valence electrons. The molecule has 2 rings (SSSR count). The largest absolute Gasteiger partial charge is 0.484 e. The molecule has 0 amide bonds. The van der Waals surface area contributed by atoms with Crippen LogP contribution in [-0.4, -0.2) is 11.6 Å². The molecule has 4 nitrogen and oxygen atoms in total. The monoisotopic (exact) mass is 285 g/mol. The van der Waals surface area contributed by atoms with Gasteiger partial charge < -0.3 is 15.2 Å². The lowest BCUT2D eigenvalue weighted by molar-refractivity contribution is 0.0708. The first-order chi connectivity index (χ1) is 9.85. The summed E-state index contributed by atoms with van der Waals surface area (Å²) >= 11 is 0. The van der Waals surface area contributed by atoms with E-state index in [9.17, 15) is 4.79 Å². The van der Waals surface area contributed by atoms with E-state index in [-0.39, 0.29) is 0 Å². The van der Waals surface area contributed by atoms with E-state index in [0.29, 0.717) is 22.7 Å². The van der Waals surface area contributed by atoms with Crippen LogP contribution in [0.1, 0.15) is 31.1 Å². The minimum atomic E-state index is -0.431. The quantitative estimate of drug-likeness (QED) is 0.531. The van der Waals surface area contributed by atoms with Gasteiger partial charge in [0, 0.05) is 11.8 Å². The number of esters is 1. The molecule has 0 aromatic heterocycles. The van der Waals surface area contributed by atoms with Gasteiger partial charge in [-0.15, -0.1) is 0 Å². The van der Waals surface area contributed by atoms with Crippen molar-refractivity contribution in [2.75, 3.05) is 5.73 Å². The Morgan fingerprint density at radius 2 is 1.67 bits per heavy atom. The van der Waals surface area contributed by atoms with Gasteiger partial charge >= 0.3 is 5.97 Å². The minimum absolute atomic E-state index is 0.355. The van der Waals surface area contributed by atoms with Crippen LogP contribution in [0.25, 0.3) is 0 Å². The van der Waals surface area contributed by atoms with Crippen molar-refractivity contribution in [1.29, 1.82) is 0 Å². The van der Waals surface area contributed by atoms with Gasteiger partial charge in [0.15, 0.2) is 11.5 Å². The van der Waals surface area contributed by atoms with Crippen molar-refractivity contribution in [1.82, 2.24) is 0 Å². The molecule has 0 fully saturated rings. The molecule has 0 aliphatic rings. The van der Waals surface area contributed by atoms with Gasteiger partial charge in [0.25, 0.3) is 0 Å². The van der Waals surface area contributed by atoms with Crippen LogP contribution < -0.4 is 15.2 Å². The molecule has 2 N–H and O–H groups in total. The third-order valence-corrected chi connectivity index (χ3v) is 2.60. The average Bonchev–Trinajstić information content (AvgIpc) is 2.41. The van der Waals surface area contributed by atoms with Crippen molar-refractivity contribution in [3.63, 3.8) is 0 Å². The SMILES string of the molecule is CC(C)(C)Oc1cc(N)ccc1OC(=O)c1ccccc1. The van der Waals surface area contributed by atoms with Crippen molar-refractivity contribution >= 4 is 11.7 Å². The van der Waals surface area contributed by atoms with E-state index in [0.717, 1.165) is 0 Å². The fourth-order valence-corrected chi connectivity index (χ4v) is 1.75.